The number of aromatic nitrogens is 2. The number of carbonyl (C=O) groups excluding carboxylic acids is 3. The van der Waals surface area contributed by atoms with Crippen molar-refractivity contribution in [3.63, 3.8) is 0 Å². The maximum Gasteiger partial charge on any atom is 0.316 e. The first-order chi connectivity index (χ1) is 14.7. The lowest BCUT2D eigenvalue weighted by atomic mass is 10.1. The van der Waals surface area contributed by atoms with E-state index in [0.717, 1.165) is 11.1 Å². The number of nitrogens with one attached hydrogen (secondary N) is 1. The summed E-state index contributed by atoms with van der Waals surface area (Å²) in [5.74, 6) is -0.338. The maximum absolute atomic E-state index is 11.7. The van der Waals surface area contributed by atoms with E-state index in [-0.39, 0.29) is 23.9 Å². The van der Waals surface area contributed by atoms with E-state index in [2.05, 4.69) is 10.4 Å². The molecule has 0 saturated heterocycles. The van der Waals surface area contributed by atoms with Gasteiger partial charge in [0.05, 0.1) is 17.6 Å². The third kappa shape index (κ3) is 5.18. The molecule has 10 nitrogen and oxygen atoms in total. The number of rotatable bonds is 7. The summed E-state index contributed by atoms with van der Waals surface area (Å²) >= 11 is 0. The van der Waals surface area contributed by atoms with Crippen molar-refractivity contribution in [2.45, 2.75) is 0 Å². The molecule has 10 heteroatoms. The van der Waals surface area contributed by atoms with Gasteiger partial charge in [-0.15, -0.1) is 0 Å². The molecule has 3 rings (SSSR count). The molecule has 0 aliphatic rings. The fraction of sp³-hybridized carbons (Fsp3) is 0.143. The van der Waals surface area contributed by atoms with Crippen LogP contribution >= 0.6 is 0 Å². The van der Waals surface area contributed by atoms with E-state index in [9.17, 15) is 14.4 Å². The minimum absolute atomic E-state index is 0.0431. The molecule has 0 aliphatic heterocycles. The van der Waals surface area contributed by atoms with E-state index in [4.69, 9.17) is 16.2 Å². The maximum atomic E-state index is 11.7. The number of primary amides is 2. The quantitative estimate of drug-likeness (QED) is 0.529. The zero-order valence-corrected chi connectivity index (χ0v) is 17.0. The lowest BCUT2D eigenvalue weighted by molar-refractivity contribution is -0.130. The van der Waals surface area contributed by atoms with Crippen LogP contribution in [0.1, 0.15) is 10.5 Å². The van der Waals surface area contributed by atoms with Crippen molar-refractivity contribution in [3.05, 3.63) is 60.4 Å². The van der Waals surface area contributed by atoms with E-state index >= 15 is 0 Å². The van der Waals surface area contributed by atoms with E-state index in [1.165, 1.54) is 15.8 Å². The zero-order valence-electron chi connectivity index (χ0n) is 17.0. The van der Waals surface area contributed by atoms with Crippen LogP contribution in [0.15, 0.2) is 54.7 Å². The van der Waals surface area contributed by atoms with Gasteiger partial charge in [-0.2, -0.15) is 5.10 Å². The molecule has 0 fully saturated rings. The Bertz CT molecular complexity index is 1120. The van der Waals surface area contributed by atoms with Crippen LogP contribution in [-0.4, -0.2) is 53.2 Å². The van der Waals surface area contributed by atoms with Gasteiger partial charge in [-0.25, -0.2) is 9.48 Å². The summed E-state index contributed by atoms with van der Waals surface area (Å²) in [4.78, 5) is 35.9. The Morgan fingerprint density at radius 1 is 1.06 bits per heavy atom. The summed E-state index contributed by atoms with van der Waals surface area (Å²) in [7, 11) is 3.34. The largest absolute Gasteiger partial charge is 0.484 e. The van der Waals surface area contributed by atoms with Crippen molar-refractivity contribution in [1.82, 2.24) is 14.7 Å². The van der Waals surface area contributed by atoms with Crippen molar-refractivity contribution in [3.8, 4) is 22.6 Å². The number of ether oxygens (including phenoxy) is 1. The lowest BCUT2D eigenvalue weighted by Crippen LogP contribution is -2.27. The summed E-state index contributed by atoms with van der Waals surface area (Å²) in [5.41, 5.74) is 12.9. The van der Waals surface area contributed by atoms with Crippen LogP contribution in [0.25, 0.3) is 16.8 Å². The second kappa shape index (κ2) is 8.99. The minimum Gasteiger partial charge on any atom is -0.484 e. The molecule has 1 aromatic heterocycles. The van der Waals surface area contributed by atoms with Crippen molar-refractivity contribution in [2.24, 2.45) is 11.5 Å². The average Bonchev–Trinajstić information content (AvgIpc) is 3.15. The van der Waals surface area contributed by atoms with E-state index in [1.807, 2.05) is 30.3 Å². The summed E-state index contributed by atoms with van der Waals surface area (Å²) in [5, 5.41) is 6.45. The molecule has 5 N–H and O–H groups in total. The molecule has 0 aliphatic carbocycles. The Morgan fingerprint density at radius 3 is 2.39 bits per heavy atom. The molecule has 31 heavy (non-hydrogen) atoms. The Labute approximate surface area is 178 Å². The monoisotopic (exact) mass is 422 g/mol. The normalized spacial score (nSPS) is 10.4. The molecule has 1 heterocycles. The van der Waals surface area contributed by atoms with Gasteiger partial charge in [0.25, 0.3) is 11.8 Å². The second-order valence-electron chi connectivity index (χ2n) is 6.84. The van der Waals surface area contributed by atoms with Gasteiger partial charge in [0.2, 0.25) is 0 Å². The van der Waals surface area contributed by atoms with Crippen molar-refractivity contribution in [1.29, 1.82) is 0 Å². The smallest absolute Gasteiger partial charge is 0.316 e. The average molecular weight is 422 g/mol. The molecular formula is C21H22N6O4. The molecular weight excluding hydrogens is 400 g/mol. The van der Waals surface area contributed by atoms with Gasteiger partial charge in [-0.3, -0.25) is 9.59 Å². The summed E-state index contributed by atoms with van der Waals surface area (Å²) in [6, 6.07) is 13.9. The molecule has 0 atom stereocenters. The van der Waals surface area contributed by atoms with Crippen molar-refractivity contribution in [2.75, 3.05) is 26.0 Å². The van der Waals surface area contributed by atoms with Gasteiger partial charge in [-0.1, -0.05) is 24.3 Å². The molecule has 0 saturated carbocycles. The van der Waals surface area contributed by atoms with Crippen LogP contribution in [0.4, 0.5) is 10.5 Å². The Balaban J connectivity index is 1.81. The van der Waals surface area contributed by atoms with Crippen molar-refractivity contribution < 1.29 is 19.1 Å². The fourth-order valence-electron chi connectivity index (χ4n) is 2.76. The van der Waals surface area contributed by atoms with Gasteiger partial charge < -0.3 is 26.4 Å². The molecule has 3 aromatic rings. The van der Waals surface area contributed by atoms with E-state index in [0.29, 0.717) is 11.4 Å². The minimum atomic E-state index is -0.827. The van der Waals surface area contributed by atoms with Crippen LogP contribution in [0.3, 0.4) is 0 Å². The van der Waals surface area contributed by atoms with Gasteiger partial charge in [0, 0.05) is 14.1 Å². The first-order valence-corrected chi connectivity index (χ1v) is 9.24. The highest BCUT2D eigenvalue weighted by Crippen LogP contribution is 2.25. The predicted molar refractivity (Wildman–Crippen MR) is 115 cm³/mol. The van der Waals surface area contributed by atoms with Crippen LogP contribution in [0.2, 0.25) is 0 Å². The van der Waals surface area contributed by atoms with Crippen LogP contribution in [0.5, 0.6) is 5.75 Å². The van der Waals surface area contributed by atoms with Gasteiger partial charge in [-0.05, 0) is 35.4 Å². The third-order valence-electron chi connectivity index (χ3n) is 4.37. The second-order valence-corrected chi connectivity index (χ2v) is 6.84. The SMILES string of the molecule is CN(C)C(=O)COc1cccc(-c2ccc(-n3cc(NC(N)=O)c(C(N)=O)n3)cc2)c1. The number of hydrogen-bond donors (Lipinski definition) is 3. The summed E-state index contributed by atoms with van der Waals surface area (Å²) in [6.45, 7) is -0.0431. The van der Waals surface area contributed by atoms with E-state index in [1.54, 1.807) is 32.3 Å². The predicted octanol–water partition coefficient (Wildman–Crippen LogP) is 1.60. The van der Waals surface area contributed by atoms with Gasteiger partial charge >= 0.3 is 6.03 Å². The van der Waals surface area contributed by atoms with Crippen LogP contribution in [0, 0.1) is 0 Å². The molecule has 0 spiro atoms. The fourth-order valence-corrected chi connectivity index (χ4v) is 2.76. The number of amides is 4. The van der Waals surface area contributed by atoms with E-state index < -0.39 is 11.9 Å². The molecule has 160 valence electrons. The molecule has 0 radical (unpaired) electrons. The molecule has 4 amide bonds. The topological polar surface area (TPSA) is 146 Å². The zero-order chi connectivity index (χ0) is 22.5. The van der Waals surface area contributed by atoms with Gasteiger partial charge in [0.1, 0.15) is 5.75 Å². The lowest BCUT2D eigenvalue weighted by Gasteiger charge is -2.12. The standard InChI is InChI=1S/C21H22N6O4/c1-26(2)18(28)12-31-16-5-3-4-14(10-16)13-6-8-15(9-7-13)27-11-17(24-21(23)30)19(25-27)20(22)29/h3-11H,12H2,1-2H3,(H2,22,29)(H3,23,24,30). The highest BCUT2D eigenvalue weighted by molar-refractivity contribution is 6.00. The third-order valence-corrected chi connectivity index (χ3v) is 4.37. The number of benzene rings is 2. The Kier molecular flexibility index (Phi) is 6.20. The number of likely N-dealkylation sites (N-methyl/N-ethyl adjacent to an activating group) is 1. The Hall–Kier alpha value is -4.34. The molecule has 0 bridgehead atoms. The summed E-state index contributed by atoms with van der Waals surface area (Å²) in [6.07, 6.45) is 1.45. The number of hydrogen-bond acceptors (Lipinski definition) is 5. The first-order valence-electron chi connectivity index (χ1n) is 9.24. The van der Waals surface area contributed by atoms with Crippen LogP contribution in [-0.2, 0) is 4.79 Å². The molecule has 2 aromatic carbocycles. The number of anilines is 1. The highest BCUT2D eigenvalue weighted by atomic mass is 16.5. The Morgan fingerprint density at radius 2 is 1.77 bits per heavy atom. The molecule has 0 unspecified atom stereocenters. The van der Waals surface area contributed by atoms with Gasteiger partial charge in [0.15, 0.2) is 12.3 Å². The number of carbonyl (C=O) groups is 3. The van der Waals surface area contributed by atoms with Crippen LogP contribution < -0.4 is 21.5 Å². The number of urea groups is 1. The highest BCUT2D eigenvalue weighted by Gasteiger charge is 2.16. The summed E-state index contributed by atoms with van der Waals surface area (Å²) < 4.78 is 6.98. The number of nitrogens with zero attached hydrogens (tertiary/aromatic N) is 3. The number of nitrogens with two attached hydrogens (primary N) is 2. The first kappa shape index (κ1) is 21.4. The van der Waals surface area contributed by atoms with Crippen molar-refractivity contribution >= 4 is 23.5 Å².